The third-order valence-corrected chi connectivity index (χ3v) is 8.70. The molecule has 9 nitrogen and oxygen atoms in total. The van der Waals surface area contributed by atoms with E-state index in [4.69, 9.17) is 9.84 Å². The molecule has 216 valence electrons. The fourth-order valence-corrected chi connectivity index (χ4v) is 5.18. The monoisotopic (exact) mass is 565 g/mol. The van der Waals surface area contributed by atoms with Crippen LogP contribution in [0.15, 0.2) is 30.5 Å². The number of benzene rings is 1. The van der Waals surface area contributed by atoms with Gasteiger partial charge in [-0.15, -0.1) is 0 Å². The van der Waals surface area contributed by atoms with Crippen molar-refractivity contribution in [2.75, 3.05) is 25.1 Å². The average Bonchev–Trinajstić information content (AvgIpc) is 3.31. The second-order valence-electron chi connectivity index (χ2n) is 12.4. The molecule has 1 aliphatic carbocycles. The first-order valence-electron chi connectivity index (χ1n) is 14.0. The molecule has 3 rings (SSSR count). The quantitative estimate of drug-likeness (QED) is 0.233. The Morgan fingerprint density at radius 3 is 2.70 bits per heavy atom. The topological polar surface area (TPSA) is 129 Å². The van der Waals surface area contributed by atoms with Crippen LogP contribution < -0.4 is 10.6 Å². The highest BCUT2D eigenvalue weighted by Gasteiger charge is 2.25. The van der Waals surface area contributed by atoms with Crippen LogP contribution in [0.25, 0.3) is 5.57 Å². The van der Waals surface area contributed by atoms with Gasteiger partial charge in [0.15, 0.2) is 5.69 Å². The van der Waals surface area contributed by atoms with Crippen LogP contribution in [0, 0.1) is 16.7 Å². The van der Waals surface area contributed by atoms with Crippen molar-refractivity contribution in [3.8, 4) is 6.07 Å². The maximum absolute atomic E-state index is 13.4. The number of ether oxygens (including phenoxy) is 1. The van der Waals surface area contributed by atoms with E-state index in [0.29, 0.717) is 25.3 Å². The molecule has 1 heterocycles. The van der Waals surface area contributed by atoms with Crippen LogP contribution in [0.2, 0.25) is 25.7 Å². The first-order chi connectivity index (χ1) is 18.9. The molecule has 2 amide bonds. The van der Waals surface area contributed by atoms with Gasteiger partial charge in [0.2, 0.25) is 11.7 Å². The zero-order valence-corrected chi connectivity index (χ0v) is 25.5. The Balaban J connectivity index is 1.84. The molecule has 0 radical (unpaired) electrons. The number of rotatable bonds is 13. The Bertz CT molecular complexity index is 1270. The minimum atomic E-state index is -1.26. The zero-order valence-electron chi connectivity index (χ0n) is 24.5. The molecule has 40 heavy (non-hydrogen) atoms. The Labute approximate surface area is 238 Å². The van der Waals surface area contributed by atoms with Crippen molar-refractivity contribution in [2.24, 2.45) is 5.41 Å². The third-order valence-electron chi connectivity index (χ3n) is 6.99. The van der Waals surface area contributed by atoms with Crippen molar-refractivity contribution in [3.05, 3.63) is 53.1 Å². The number of nitrogens with zero attached hydrogens (tertiary/aromatic N) is 3. The Hall–Kier alpha value is -3.26. The Morgan fingerprint density at radius 1 is 1.27 bits per heavy atom. The molecule has 0 atom stereocenters. The fourth-order valence-electron chi connectivity index (χ4n) is 4.42. The zero-order chi connectivity index (χ0) is 29.3. The highest BCUT2D eigenvalue weighted by Crippen LogP contribution is 2.40. The van der Waals surface area contributed by atoms with Gasteiger partial charge in [0.05, 0.1) is 6.42 Å². The van der Waals surface area contributed by atoms with Gasteiger partial charge >= 0.3 is 0 Å². The number of nitriles is 1. The summed E-state index contributed by atoms with van der Waals surface area (Å²) in [6.07, 6.45) is 7.28. The maximum Gasteiger partial charge on any atom is 0.291 e. The molecule has 0 unspecified atom stereocenters. The number of aromatic nitrogens is 2. The van der Waals surface area contributed by atoms with E-state index >= 15 is 0 Å². The summed E-state index contributed by atoms with van der Waals surface area (Å²) in [6, 6.07) is 8.64. The van der Waals surface area contributed by atoms with E-state index < -0.39 is 14.0 Å². The molecular formula is C30H43N5O4Si. The highest BCUT2D eigenvalue weighted by atomic mass is 28.3. The Kier molecular flexibility index (Phi) is 10.9. The lowest BCUT2D eigenvalue weighted by atomic mass is 9.76. The normalized spacial score (nSPS) is 14.8. The lowest BCUT2D eigenvalue weighted by Crippen LogP contribution is -2.26. The first-order valence-corrected chi connectivity index (χ1v) is 17.7. The van der Waals surface area contributed by atoms with Crippen molar-refractivity contribution >= 4 is 31.1 Å². The summed E-state index contributed by atoms with van der Waals surface area (Å²) in [5.74, 6) is -0.431. The molecule has 1 aliphatic rings. The smallest absolute Gasteiger partial charge is 0.291 e. The Morgan fingerprint density at radius 2 is 2.05 bits per heavy atom. The van der Waals surface area contributed by atoms with Crippen molar-refractivity contribution < 1.29 is 19.4 Å². The van der Waals surface area contributed by atoms with Gasteiger partial charge in [0.25, 0.3) is 5.91 Å². The standard InChI is InChI=1S/C30H43N5O4Si/c1-30(2)11-9-23(10-12-30)25-17-22(18-27(37)32-13-6-14-36)7-8-26(25)34-29(38)28-33-24(19-31)20-35(28)21-39-15-16-40(3,4)5/h7-9,17,20,36H,6,10-16,18,21H2,1-5H3,(H,32,37)(H,34,38). The predicted octanol–water partition coefficient (Wildman–Crippen LogP) is 4.95. The van der Waals surface area contributed by atoms with Crippen LogP contribution in [-0.2, 0) is 22.7 Å². The number of carbonyl (C=O) groups is 2. The van der Waals surface area contributed by atoms with Crippen LogP contribution in [0.1, 0.15) is 67.0 Å². The molecule has 0 bridgehead atoms. The second kappa shape index (κ2) is 13.9. The summed E-state index contributed by atoms with van der Waals surface area (Å²) >= 11 is 0. The number of carbonyl (C=O) groups excluding carboxylic acids is 2. The molecular weight excluding hydrogens is 522 g/mol. The third kappa shape index (κ3) is 9.43. The summed E-state index contributed by atoms with van der Waals surface area (Å²) in [6.45, 7) is 12.5. The van der Waals surface area contributed by atoms with Crippen molar-refractivity contribution in [3.63, 3.8) is 0 Å². The lowest BCUT2D eigenvalue weighted by Gasteiger charge is -2.29. The fraction of sp³-hybridized carbons (Fsp3) is 0.533. The molecule has 0 saturated carbocycles. The molecule has 0 fully saturated rings. The number of aliphatic hydroxyl groups excluding tert-OH is 1. The summed E-state index contributed by atoms with van der Waals surface area (Å²) in [4.78, 5) is 30.1. The van der Waals surface area contributed by atoms with Crippen LogP contribution >= 0.6 is 0 Å². The number of hydrogen-bond acceptors (Lipinski definition) is 6. The minimum Gasteiger partial charge on any atom is -0.396 e. The summed E-state index contributed by atoms with van der Waals surface area (Å²) in [5.41, 5.74) is 3.85. The van der Waals surface area contributed by atoms with Crippen LogP contribution in [0.3, 0.4) is 0 Å². The van der Waals surface area contributed by atoms with Gasteiger partial charge in [-0.25, -0.2) is 4.98 Å². The summed E-state index contributed by atoms with van der Waals surface area (Å²) in [5, 5.41) is 24.2. The summed E-state index contributed by atoms with van der Waals surface area (Å²) < 4.78 is 7.40. The molecule has 0 aliphatic heterocycles. The van der Waals surface area contributed by atoms with Gasteiger partial charge in [0.1, 0.15) is 12.8 Å². The van der Waals surface area contributed by atoms with Crippen molar-refractivity contribution in [1.82, 2.24) is 14.9 Å². The molecule has 1 aromatic heterocycles. The van der Waals surface area contributed by atoms with Crippen molar-refractivity contribution in [1.29, 1.82) is 5.26 Å². The minimum absolute atomic E-state index is 0.0298. The van der Waals surface area contributed by atoms with E-state index in [9.17, 15) is 14.9 Å². The van der Waals surface area contributed by atoms with Gasteiger partial charge in [-0.1, -0.05) is 45.6 Å². The van der Waals surface area contributed by atoms with Crippen LogP contribution in [0.4, 0.5) is 5.69 Å². The van der Waals surface area contributed by atoms with E-state index in [1.165, 1.54) is 6.20 Å². The molecule has 3 N–H and O–H groups in total. The number of hydrogen-bond donors (Lipinski definition) is 3. The number of nitrogens with one attached hydrogen (secondary N) is 2. The molecule has 2 aromatic rings. The highest BCUT2D eigenvalue weighted by molar-refractivity contribution is 6.76. The number of allylic oxidation sites excluding steroid dienone is 2. The predicted molar refractivity (Wildman–Crippen MR) is 159 cm³/mol. The largest absolute Gasteiger partial charge is 0.396 e. The lowest BCUT2D eigenvalue weighted by molar-refractivity contribution is -0.120. The van der Waals surface area contributed by atoms with Gasteiger partial charge < -0.3 is 25.0 Å². The SMILES string of the molecule is CC1(C)CC=C(c2cc(CC(=O)NCCCO)ccc2NC(=O)c2nc(C#N)cn2COCC[Si](C)(C)C)CC1. The summed E-state index contributed by atoms with van der Waals surface area (Å²) in [7, 11) is -1.26. The van der Waals surface area contributed by atoms with Crippen LogP contribution in [0.5, 0.6) is 0 Å². The molecule has 10 heteroatoms. The van der Waals surface area contributed by atoms with Gasteiger partial charge in [-0.05, 0) is 60.4 Å². The molecule has 1 aromatic carbocycles. The first kappa shape index (κ1) is 31.3. The van der Waals surface area contributed by atoms with E-state index in [0.717, 1.165) is 42.0 Å². The van der Waals surface area contributed by atoms with E-state index in [1.54, 1.807) is 4.57 Å². The van der Waals surface area contributed by atoms with Gasteiger partial charge in [-0.3, -0.25) is 9.59 Å². The number of anilines is 1. The number of imidazole rings is 1. The van der Waals surface area contributed by atoms with E-state index in [1.807, 2.05) is 24.3 Å². The molecule has 0 spiro atoms. The van der Waals surface area contributed by atoms with Gasteiger partial charge in [0, 0.05) is 45.3 Å². The van der Waals surface area contributed by atoms with Gasteiger partial charge in [-0.2, -0.15) is 5.26 Å². The van der Waals surface area contributed by atoms with Crippen molar-refractivity contribution in [2.45, 2.75) is 78.4 Å². The number of aliphatic hydroxyl groups is 1. The average molecular weight is 566 g/mol. The van der Waals surface area contributed by atoms with E-state index in [-0.39, 0.29) is 42.6 Å². The van der Waals surface area contributed by atoms with E-state index in [2.05, 4.69) is 55.2 Å². The second-order valence-corrected chi connectivity index (χ2v) is 18.0. The number of amides is 2. The molecule has 0 saturated heterocycles. The van der Waals surface area contributed by atoms with Crippen LogP contribution in [-0.4, -0.2) is 54.3 Å². The maximum atomic E-state index is 13.4.